The van der Waals surface area contributed by atoms with E-state index in [-0.39, 0.29) is 35.7 Å². The SMILES string of the molecule is COC(=O)N[C@H](C(=O)N1C[C@@H](C)C[C@H]1c1ncc(-c2ccc(-c3ccc4cc(-c5cnc([C@@H]6C[C@H](C)CN6C(=O)[C@@H](NC(=O)OC)C6CCC6)[nH]5)ccc4c3)cc2)[nH]1)C1CCC1. The normalized spacial score (nSPS) is 22.5. The minimum atomic E-state index is -0.599. The number of imidazole rings is 2. The summed E-state index contributed by atoms with van der Waals surface area (Å²) in [7, 11) is 2.65. The molecule has 3 aromatic carbocycles. The second-order valence-electron chi connectivity index (χ2n) is 18.0. The molecule has 2 aliphatic carbocycles. The van der Waals surface area contributed by atoms with Crippen LogP contribution in [0.25, 0.3) is 44.4 Å². The molecule has 4 fully saturated rings. The number of nitrogens with one attached hydrogen (secondary N) is 4. The highest BCUT2D eigenvalue weighted by molar-refractivity contribution is 5.91. The molecule has 4 amide bonds. The molecule has 2 saturated heterocycles. The third kappa shape index (κ3) is 8.14. The molecule has 5 aromatic rings. The number of hydrogen-bond acceptors (Lipinski definition) is 8. The van der Waals surface area contributed by atoms with Crippen molar-refractivity contribution in [1.82, 2.24) is 40.4 Å². The average Bonchev–Trinajstić information content (AvgIpc) is 4.08. The van der Waals surface area contributed by atoms with E-state index < -0.39 is 24.3 Å². The van der Waals surface area contributed by atoms with E-state index in [1.54, 1.807) is 0 Å². The summed E-state index contributed by atoms with van der Waals surface area (Å²) < 4.78 is 9.72. The Morgan fingerprint density at radius 1 is 0.613 bits per heavy atom. The zero-order chi connectivity index (χ0) is 43.1. The minimum absolute atomic E-state index is 0.0699. The Hall–Kier alpha value is -6.18. The number of benzene rings is 3. The van der Waals surface area contributed by atoms with Crippen LogP contribution in [0.1, 0.15) is 88.9 Å². The van der Waals surface area contributed by atoms with Crippen molar-refractivity contribution < 1.29 is 28.7 Å². The third-order valence-electron chi connectivity index (χ3n) is 13.8. The van der Waals surface area contributed by atoms with Crippen LogP contribution >= 0.6 is 0 Å². The molecule has 324 valence electrons. The van der Waals surface area contributed by atoms with Crippen LogP contribution in [0.15, 0.2) is 73.1 Å². The smallest absolute Gasteiger partial charge is 0.407 e. The minimum Gasteiger partial charge on any atom is -0.453 e. The van der Waals surface area contributed by atoms with Gasteiger partial charge in [0, 0.05) is 18.7 Å². The van der Waals surface area contributed by atoms with Crippen molar-refractivity contribution in [2.45, 2.75) is 89.4 Å². The van der Waals surface area contributed by atoms with Gasteiger partial charge in [-0.05, 0) is 102 Å². The van der Waals surface area contributed by atoms with Crippen LogP contribution in [0.5, 0.6) is 0 Å². The number of methoxy groups -OCH3 is 2. The van der Waals surface area contributed by atoms with Gasteiger partial charge in [0.1, 0.15) is 23.7 Å². The van der Waals surface area contributed by atoms with E-state index in [2.05, 4.69) is 95.1 Å². The number of aromatic nitrogens is 4. The Labute approximate surface area is 361 Å². The number of ether oxygens (including phenoxy) is 2. The number of carbonyl (C=O) groups is 4. The van der Waals surface area contributed by atoms with Crippen LogP contribution in [0.3, 0.4) is 0 Å². The number of carbonyl (C=O) groups excluding carboxylic acids is 4. The number of fused-ring (bicyclic) bond motifs is 1. The molecular weight excluding hydrogens is 785 g/mol. The van der Waals surface area contributed by atoms with Crippen LogP contribution in [0.4, 0.5) is 9.59 Å². The zero-order valence-electron chi connectivity index (χ0n) is 35.9. The molecule has 2 aliphatic heterocycles. The highest BCUT2D eigenvalue weighted by Gasteiger charge is 2.44. The molecule has 0 radical (unpaired) electrons. The number of likely N-dealkylation sites (tertiary alicyclic amines) is 2. The van der Waals surface area contributed by atoms with Crippen LogP contribution < -0.4 is 10.6 Å². The second-order valence-corrected chi connectivity index (χ2v) is 18.0. The van der Waals surface area contributed by atoms with Crippen molar-refractivity contribution in [3.63, 3.8) is 0 Å². The van der Waals surface area contributed by atoms with E-state index in [9.17, 15) is 19.2 Å². The van der Waals surface area contributed by atoms with Gasteiger partial charge in [0.15, 0.2) is 0 Å². The Morgan fingerprint density at radius 2 is 1.03 bits per heavy atom. The van der Waals surface area contributed by atoms with Gasteiger partial charge in [-0.1, -0.05) is 75.2 Å². The van der Waals surface area contributed by atoms with Crippen LogP contribution in [-0.2, 0) is 19.1 Å². The van der Waals surface area contributed by atoms with Gasteiger partial charge in [-0.15, -0.1) is 0 Å². The fourth-order valence-electron chi connectivity index (χ4n) is 9.88. The number of amides is 4. The maximum Gasteiger partial charge on any atom is 0.407 e. The number of alkyl carbamates (subject to hydrolysis) is 2. The van der Waals surface area contributed by atoms with Gasteiger partial charge >= 0.3 is 12.2 Å². The summed E-state index contributed by atoms with van der Waals surface area (Å²) in [4.78, 5) is 72.6. The van der Waals surface area contributed by atoms with Gasteiger partial charge in [0.25, 0.3) is 0 Å². The molecule has 4 N–H and O–H groups in total. The van der Waals surface area contributed by atoms with Crippen LogP contribution in [-0.4, -0.2) is 93.1 Å². The number of rotatable bonds is 11. The summed E-state index contributed by atoms with van der Waals surface area (Å²) in [5, 5.41) is 7.85. The highest BCUT2D eigenvalue weighted by Crippen LogP contribution is 2.40. The van der Waals surface area contributed by atoms with E-state index in [4.69, 9.17) is 19.4 Å². The number of aromatic amines is 2. The molecule has 0 unspecified atom stereocenters. The summed E-state index contributed by atoms with van der Waals surface area (Å²) in [5.41, 5.74) is 5.95. The summed E-state index contributed by atoms with van der Waals surface area (Å²) in [5.74, 6) is 2.20. The first kappa shape index (κ1) is 41.2. The van der Waals surface area contributed by atoms with Gasteiger partial charge in [-0.3, -0.25) is 9.59 Å². The van der Waals surface area contributed by atoms with Gasteiger partial charge in [-0.2, -0.15) is 0 Å². The van der Waals surface area contributed by atoms with E-state index in [1.165, 1.54) is 14.2 Å². The lowest BCUT2D eigenvalue weighted by atomic mass is 9.79. The van der Waals surface area contributed by atoms with Crippen molar-refractivity contribution in [1.29, 1.82) is 0 Å². The number of H-pyrrole nitrogens is 2. The molecule has 14 heteroatoms. The molecule has 62 heavy (non-hydrogen) atoms. The summed E-state index contributed by atoms with van der Waals surface area (Å²) in [6.07, 6.45) is 9.87. The van der Waals surface area contributed by atoms with Gasteiger partial charge in [0.2, 0.25) is 11.8 Å². The predicted molar refractivity (Wildman–Crippen MR) is 234 cm³/mol. The fraction of sp³-hybridized carbons (Fsp3) is 0.458. The lowest BCUT2D eigenvalue weighted by molar-refractivity contribution is -0.137. The topological polar surface area (TPSA) is 175 Å². The molecule has 4 heterocycles. The molecule has 0 spiro atoms. The maximum atomic E-state index is 13.9. The Bertz CT molecular complexity index is 2450. The third-order valence-corrected chi connectivity index (χ3v) is 13.8. The highest BCUT2D eigenvalue weighted by atomic mass is 16.5. The Balaban J connectivity index is 0.875. The average molecular weight is 841 g/mol. The first-order valence-electron chi connectivity index (χ1n) is 22.1. The van der Waals surface area contributed by atoms with Crippen molar-refractivity contribution in [2.24, 2.45) is 23.7 Å². The molecule has 2 aromatic heterocycles. The van der Waals surface area contributed by atoms with E-state index in [1.807, 2.05) is 22.2 Å². The van der Waals surface area contributed by atoms with Gasteiger partial charge in [0.05, 0.1) is 50.1 Å². The maximum absolute atomic E-state index is 13.9. The Morgan fingerprint density at radius 3 is 1.48 bits per heavy atom. The lowest BCUT2D eigenvalue weighted by Gasteiger charge is -2.36. The largest absolute Gasteiger partial charge is 0.453 e. The van der Waals surface area contributed by atoms with Crippen LogP contribution in [0, 0.1) is 23.7 Å². The first-order chi connectivity index (χ1) is 30.1. The summed E-state index contributed by atoms with van der Waals surface area (Å²) >= 11 is 0. The quantitative estimate of drug-likeness (QED) is 0.103. The fourth-order valence-corrected chi connectivity index (χ4v) is 9.88. The molecule has 9 rings (SSSR count). The van der Waals surface area contributed by atoms with Crippen molar-refractivity contribution in [3.05, 3.63) is 84.7 Å². The Kier molecular flexibility index (Phi) is 11.5. The van der Waals surface area contributed by atoms with E-state index >= 15 is 0 Å². The molecule has 14 nitrogen and oxygen atoms in total. The van der Waals surface area contributed by atoms with Crippen LogP contribution in [0.2, 0.25) is 0 Å². The summed E-state index contributed by atoms with van der Waals surface area (Å²) in [6.45, 7) is 5.51. The number of hydrogen-bond donors (Lipinski definition) is 4. The van der Waals surface area contributed by atoms with Gasteiger partial charge in [-0.25, -0.2) is 19.6 Å². The zero-order valence-corrected chi connectivity index (χ0v) is 35.9. The van der Waals surface area contributed by atoms with E-state index in [0.717, 1.165) is 107 Å². The molecule has 4 aliphatic rings. The monoisotopic (exact) mass is 840 g/mol. The van der Waals surface area contributed by atoms with E-state index in [0.29, 0.717) is 24.9 Å². The predicted octanol–water partition coefficient (Wildman–Crippen LogP) is 8.16. The molecule has 0 bridgehead atoms. The van der Waals surface area contributed by atoms with Gasteiger partial charge < -0.3 is 39.9 Å². The molecule has 6 atom stereocenters. The van der Waals surface area contributed by atoms with Crippen molar-refractivity contribution in [2.75, 3.05) is 27.3 Å². The standard InChI is InChI=1S/C48H56N8O6/c1-27-19-39(55(25-27)45(57)41(31-7-5-8-31)53-47(59)61-3)43-49-23-37(51-43)30-13-11-29(12-14-30)33-15-16-35-22-36(18-17-34(35)21-33)38-24-50-44(52-38)40-20-28(2)26-56(40)46(58)42(32-9-6-10-32)54-48(60)62-4/h11-18,21-24,27-28,31-32,39-42H,5-10,19-20,25-26H2,1-4H3,(H,49,51)(H,50,52)(H,53,59)(H,54,60)/t27-,28-,39-,40-,41-,42-/m0/s1. The number of nitrogens with zero attached hydrogens (tertiary/aromatic N) is 4. The van der Waals surface area contributed by atoms with Crippen molar-refractivity contribution in [3.8, 4) is 33.6 Å². The first-order valence-corrected chi connectivity index (χ1v) is 22.1. The summed E-state index contributed by atoms with van der Waals surface area (Å²) in [6, 6.07) is 19.7. The second kappa shape index (κ2) is 17.3. The van der Waals surface area contributed by atoms with Crippen molar-refractivity contribution >= 4 is 34.8 Å². The molecular formula is C48H56N8O6. The lowest BCUT2D eigenvalue weighted by Crippen LogP contribution is -2.53. The molecule has 2 saturated carbocycles.